The molecule has 23 heavy (non-hydrogen) atoms. The van der Waals surface area contributed by atoms with Gasteiger partial charge in [-0.1, -0.05) is 0 Å². The van der Waals surface area contributed by atoms with Gasteiger partial charge in [0.15, 0.2) is 0 Å². The minimum absolute atomic E-state index is 0.0739. The molecular weight excluding hydrogens is 292 g/mol. The van der Waals surface area contributed by atoms with Gasteiger partial charge in [0, 0.05) is 44.3 Å². The van der Waals surface area contributed by atoms with Crippen LogP contribution in [0.15, 0.2) is 0 Å². The van der Waals surface area contributed by atoms with Gasteiger partial charge in [0.1, 0.15) is 0 Å². The first kappa shape index (κ1) is 18.5. The highest BCUT2D eigenvalue weighted by Gasteiger charge is 2.32. The molecule has 0 bridgehead atoms. The first-order valence-electron chi connectivity index (χ1n) is 8.84. The molecule has 2 fully saturated rings. The van der Waals surface area contributed by atoms with E-state index in [2.05, 4.69) is 36.1 Å². The summed E-state index contributed by atoms with van der Waals surface area (Å²) in [6.45, 7) is 8.78. The van der Waals surface area contributed by atoms with Crippen molar-refractivity contribution in [1.29, 1.82) is 0 Å². The van der Waals surface area contributed by atoms with E-state index in [1.165, 1.54) is 0 Å². The molecule has 0 aromatic heterocycles. The van der Waals surface area contributed by atoms with Crippen LogP contribution >= 0.6 is 0 Å². The maximum Gasteiger partial charge on any atom is 0.317 e. The molecule has 0 aromatic carbocycles. The molecule has 1 aliphatic carbocycles. The predicted octanol–water partition coefficient (Wildman–Crippen LogP) is 0.956. The molecule has 134 valence electrons. The van der Waals surface area contributed by atoms with E-state index >= 15 is 0 Å². The molecule has 2 amide bonds. The zero-order valence-corrected chi connectivity index (χ0v) is 15.4. The van der Waals surface area contributed by atoms with E-state index < -0.39 is 5.60 Å². The number of piperazine rings is 1. The number of rotatable bonds is 4. The second-order valence-corrected chi connectivity index (χ2v) is 8.17. The van der Waals surface area contributed by atoms with Crippen LogP contribution < -0.4 is 5.32 Å². The molecule has 6 heteroatoms. The van der Waals surface area contributed by atoms with Gasteiger partial charge in [-0.3, -0.25) is 4.90 Å². The van der Waals surface area contributed by atoms with E-state index in [1.54, 1.807) is 0 Å². The summed E-state index contributed by atoms with van der Waals surface area (Å²) in [5.74, 6) is 0. The summed E-state index contributed by atoms with van der Waals surface area (Å²) < 4.78 is 0. The number of carbonyl (C=O) groups is 1. The molecule has 0 unspecified atom stereocenters. The van der Waals surface area contributed by atoms with Crippen molar-refractivity contribution in [3.63, 3.8) is 0 Å². The topological polar surface area (TPSA) is 59.1 Å². The Morgan fingerprint density at radius 2 is 2.00 bits per heavy atom. The van der Waals surface area contributed by atoms with E-state index in [4.69, 9.17) is 0 Å². The predicted molar refractivity (Wildman–Crippen MR) is 92.6 cm³/mol. The van der Waals surface area contributed by atoms with Gasteiger partial charge in [0.2, 0.25) is 0 Å². The molecule has 1 saturated heterocycles. The van der Waals surface area contributed by atoms with Gasteiger partial charge in [-0.15, -0.1) is 0 Å². The maximum absolute atomic E-state index is 12.6. The zero-order chi connectivity index (χ0) is 17.2. The van der Waals surface area contributed by atoms with Crippen LogP contribution in [0, 0.1) is 0 Å². The van der Waals surface area contributed by atoms with Gasteiger partial charge in [0.05, 0.1) is 5.60 Å². The molecule has 0 radical (unpaired) electrons. The summed E-state index contributed by atoms with van der Waals surface area (Å²) in [5, 5.41) is 13.2. The first-order valence-corrected chi connectivity index (χ1v) is 8.84. The van der Waals surface area contributed by atoms with Crippen LogP contribution in [-0.4, -0.2) is 89.8 Å². The standard InChI is InChI=1S/C17H34N4O2/c1-13-11-20(12-17(2,3)23)8-9-21(13)16(22)18-14-6-7-15(10-14)19(4)5/h13-15,23H,6-12H2,1-5H3,(H,18,22)/t13-,14+,15-/m1/s1. The lowest BCUT2D eigenvalue weighted by atomic mass is 10.1. The Morgan fingerprint density at radius 3 is 2.52 bits per heavy atom. The van der Waals surface area contributed by atoms with Gasteiger partial charge in [-0.25, -0.2) is 4.79 Å². The summed E-state index contributed by atoms with van der Waals surface area (Å²) in [4.78, 5) is 19.0. The van der Waals surface area contributed by atoms with Gasteiger partial charge in [-0.05, 0) is 54.1 Å². The Morgan fingerprint density at radius 1 is 1.30 bits per heavy atom. The van der Waals surface area contributed by atoms with Crippen LogP contribution in [-0.2, 0) is 0 Å². The number of urea groups is 1. The SMILES string of the molecule is C[C@@H]1CN(CC(C)(C)O)CCN1C(=O)N[C@H]1CC[C@@H](N(C)C)C1. The Bertz CT molecular complexity index is 408. The monoisotopic (exact) mass is 326 g/mol. The molecule has 1 heterocycles. The molecule has 2 rings (SSSR count). The smallest absolute Gasteiger partial charge is 0.317 e. The van der Waals surface area contributed by atoms with E-state index in [0.717, 1.165) is 38.9 Å². The fourth-order valence-electron chi connectivity index (χ4n) is 3.84. The number of nitrogens with zero attached hydrogens (tertiary/aromatic N) is 3. The van der Waals surface area contributed by atoms with Crippen LogP contribution in [0.3, 0.4) is 0 Å². The molecule has 6 nitrogen and oxygen atoms in total. The minimum Gasteiger partial charge on any atom is -0.389 e. The largest absolute Gasteiger partial charge is 0.389 e. The fourth-order valence-corrected chi connectivity index (χ4v) is 3.84. The van der Waals surface area contributed by atoms with Gasteiger partial charge < -0.3 is 20.2 Å². The number of hydrogen-bond acceptors (Lipinski definition) is 4. The third-order valence-corrected chi connectivity index (χ3v) is 5.05. The summed E-state index contributed by atoms with van der Waals surface area (Å²) in [6, 6.07) is 1.14. The molecule has 0 spiro atoms. The highest BCUT2D eigenvalue weighted by molar-refractivity contribution is 5.75. The average molecular weight is 326 g/mol. The van der Waals surface area contributed by atoms with Gasteiger partial charge >= 0.3 is 6.03 Å². The number of carbonyl (C=O) groups excluding carboxylic acids is 1. The molecule has 1 aliphatic heterocycles. The number of amides is 2. The number of nitrogens with one attached hydrogen (secondary N) is 1. The molecule has 2 aliphatic rings. The lowest BCUT2D eigenvalue weighted by Gasteiger charge is -2.41. The van der Waals surface area contributed by atoms with Crippen molar-refractivity contribution in [3.05, 3.63) is 0 Å². The van der Waals surface area contributed by atoms with Crippen LogP contribution in [0.5, 0.6) is 0 Å². The molecule has 2 N–H and O–H groups in total. The number of hydrogen-bond donors (Lipinski definition) is 2. The van der Waals surface area contributed by atoms with E-state index in [0.29, 0.717) is 18.6 Å². The van der Waals surface area contributed by atoms with Crippen LogP contribution in [0.2, 0.25) is 0 Å². The normalized spacial score (nSPS) is 30.0. The van der Waals surface area contributed by atoms with Crippen molar-refractivity contribution in [2.24, 2.45) is 0 Å². The van der Waals surface area contributed by atoms with Crippen molar-refractivity contribution >= 4 is 6.03 Å². The van der Waals surface area contributed by atoms with Gasteiger partial charge in [0.25, 0.3) is 0 Å². The van der Waals surface area contributed by atoms with Crippen molar-refractivity contribution in [1.82, 2.24) is 20.0 Å². The van der Waals surface area contributed by atoms with Crippen molar-refractivity contribution in [2.75, 3.05) is 40.3 Å². The second-order valence-electron chi connectivity index (χ2n) is 8.17. The van der Waals surface area contributed by atoms with Crippen molar-refractivity contribution in [3.8, 4) is 0 Å². The summed E-state index contributed by atoms with van der Waals surface area (Å²) in [6.07, 6.45) is 3.28. The Kier molecular flexibility index (Phi) is 5.92. The molecular formula is C17H34N4O2. The Balaban J connectivity index is 1.80. The van der Waals surface area contributed by atoms with E-state index in [1.807, 2.05) is 18.7 Å². The zero-order valence-electron chi connectivity index (χ0n) is 15.4. The van der Waals surface area contributed by atoms with Crippen LogP contribution in [0.1, 0.15) is 40.0 Å². The maximum atomic E-state index is 12.6. The highest BCUT2D eigenvalue weighted by atomic mass is 16.3. The first-order chi connectivity index (χ1) is 10.7. The van der Waals surface area contributed by atoms with Crippen molar-refractivity contribution < 1.29 is 9.90 Å². The van der Waals surface area contributed by atoms with Crippen molar-refractivity contribution in [2.45, 2.75) is 63.8 Å². The Hall–Kier alpha value is -0.850. The number of β-amino-alcohol motifs (C(OH)–C–C–N with tert-alkyl or cyclic N) is 1. The average Bonchev–Trinajstić information content (AvgIpc) is 2.85. The second kappa shape index (κ2) is 7.36. The molecule has 1 saturated carbocycles. The number of aliphatic hydroxyl groups is 1. The summed E-state index contributed by atoms with van der Waals surface area (Å²) >= 11 is 0. The van der Waals surface area contributed by atoms with E-state index in [9.17, 15) is 9.90 Å². The minimum atomic E-state index is -0.685. The van der Waals surface area contributed by atoms with Crippen LogP contribution in [0.25, 0.3) is 0 Å². The Labute approximate surface area is 140 Å². The third kappa shape index (κ3) is 5.33. The molecule has 3 atom stereocenters. The van der Waals surface area contributed by atoms with Crippen LogP contribution in [0.4, 0.5) is 4.79 Å². The lowest BCUT2D eigenvalue weighted by molar-refractivity contribution is 0.0117. The quantitative estimate of drug-likeness (QED) is 0.808. The fraction of sp³-hybridized carbons (Fsp3) is 0.941. The summed E-state index contributed by atoms with van der Waals surface area (Å²) in [5.41, 5.74) is -0.685. The van der Waals surface area contributed by atoms with E-state index in [-0.39, 0.29) is 12.1 Å². The van der Waals surface area contributed by atoms with Gasteiger partial charge in [-0.2, -0.15) is 0 Å². The highest BCUT2D eigenvalue weighted by Crippen LogP contribution is 2.23. The third-order valence-electron chi connectivity index (χ3n) is 5.05. The lowest BCUT2D eigenvalue weighted by Crippen LogP contribution is -2.59. The summed E-state index contributed by atoms with van der Waals surface area (Å²) in [7, 11) is 4.22. The molecule has 0 aromatic rings.